The normalized spacial score (nSPS) is 20.5. The first-order valence-corrected chi connectivity index (χ1v) is 16.6. The molecule has 2 aromatic rings. The molecule has 0 saturated carbocycles. The van der Waals surface area contributed by atoms with E-state index in [-0.39, 0.29) is 30.9 Å². The fourth-order valence-corrected chi connectivity index (χ4v) is 6.02. The predicted octanol–water partition coefficient (Wildman–Crippen LogP) is 2.50. The number of nitrogens with zero attached hydrogens (tertiary/aromatic N) is 5. The van der Waals surface area contributed by atoms with Gasteiger partial charge in [0.05, 0.1) is 23.2 Å². The van der Waals surface area contributed by atoms with Crippen LogP contribution in [0, 0.1) is 0 Å². The van der Waals surface area contributed by atoms with Crippen LogP contribution in [-0.4, -0.2) is 106 Å². The summed E-state index contributed by atoms with van der Waals surface area (Å²) in [6.07, 6.45) is 3.85. The summed E-state index contributed by atoms with van der Waals surface area (Å²) in [4.78, 5) is 59.0. The summed E-state index contributed by atoms with van der Waals surface area (Å²) < 4.78 is 19.9. The molecular weight excluding hydrogens is 615 g/mol. The highest BCUT2D eigenvalue weighted by Gasteiger charge is 2.51. The van der Waals surface area contributed by atoms with Crippen molar-refractivity contribution in [1.29, 1.82) is 0 Å². The fraction of sp³-hybridized carbons (Fsp3) is 0.559. The van der Waals surface area contributed by atoms with E-state index < -0.39 is 36.0 Å². The zero-order chi connectivity index (χ0) is 34.8. The molecule has 1 aromatic heterocycles. The average molecular weight is 663 g/mol. The Balaban J connectivity index is 1.06. The molecule has 3 fully saturated rings. The Bertz CT molecular complexity index is 1540. The van der Waals surface area contributed by atoms with Crippen molar-refractivity contribution in [3.8, 4) is 0 Å². The maximum Gasteiger partial charge on any atom is 0.494 e. The van der Waals surface area contributed by atoms with Crippen molar-refractivity contribution in [2.45, 2.75) is 85.2 Å². The number of aromatic nitrogens is 2. The maximum absolute atomic E-state index is 12.8. The van der Waals surface area contributed by atoms with Crippen molar-refractivity contribution in [1.82, 2.24) is 29.6 Å². The quantitative estimate of drug-likeness (QED) is 0.318. The molecule has 0 unspecified atom stereocenters. The summed E-state index contributed by atoms with van der Waals surface area (Å²) >= 11 is 0. The molecule has 1 aromatic carbocycles. The minimum Gasteiger partial charge on any atom is -0.445 e. The minimum atomic E-state index is -0.540. The van der Waals surface area contributed by atoms with Gasteiger partial charge >= 0.3 is 13.2 Å². The van der Waals surface area contributed by atoms with E-state index in [1.807, 2.05) is 65.8 Å². The number of hydrogen-bond donors (Lipinski definition) is 1. The number of aryl methyl sites for hydroxylation is 1. The Kier molecular flexibility index (Phi) is 10.5. The highest BCUT2D eigenvalue weighted by molar-refractivity contribution is 6.62. The summed E-state index contributed by atoms with van der Waals surface area (Å²) in [6.45, 7) is 17.6. The Hall–Kier alpha value is -4.01. The molecule has 4 heterocycles. The van der Waals surface area contributed by atoms with Gasteiger partial charge < -0.3 is 28.8 Å². The lowest BCUT2D eigenvalue weighted by Gasteiger charge is -2.34. The molecule has 14 heteroatoms. The number of ether oxygens (including phenoxy) is 1. The predicted molar refractivity (Wildman–Crippen MR) is 180 cm³/mol. The number of imide groups is 1. The summed E-state index contributed by atoms with van der Waals surface area (Å²) in [6, 6.07) is 7.78. The van der Waals surface area contributed by atoms with Crippen LogP contribution >= 0.6 is 0 Å². The van der Waals surface area contributed by atoms with E-state index in [1.165, 1.54) is 6.92 Å². The minimum absolute atomic E-state index is 0.0424. The van der Waals surface area contributed by atoms with Crippen LogP contribution in [0.3, 0.4) is 0 Å². The molecule has 5 rings (SSSR count). The fourth-order valence-electron chi connectivity index (χ4n) is 6.02. The number of piperazine rings is 2. The molecule has 3 saturated heterocycles. The summed E-state index contributed by atoms with van der Waals surface area (Å²) in [5.74, 6) is -1.32. The molecule has 48 heavy (non-hydrogen) atoms. The number of imidazole rings is 1. The van der Waals surface area contributed by atoms with Crippen LogP contribution in [0.1, 0.15) is 77.8 Å². The number of rotatable bonds is 9. The van der Waals surface area contributed by atoms with E-state index in [9.17, 15) is 19.2 Å². The van der Waals surface area contributed by atoms with Gasteiger partial charge in [0.15, 0.2) is 0 Å². The van der Waals surface area contributed by atoms with Gasteiger partial charge in [0, 0.05) is 45.3 Å². The van der Waals surface area contributed by atoms with Crippen LogP contribution < -0.4 is 10.8 Å². The van der Waals surface area contributed by atoms with Gasteiger partial charge in [-0.1, -0.05) is 38.1 Å². The highest BCUT2D eigenvalue weighted by Crippen LogP contribution is 2.36. The molecule has 0 aliphatic carbocycles. The van der Waals surface area contributed by atoms with Crippen LogP contribution in [0.25, 0.3) is 6.08 Å². The summed E-state index contributed by atoms with van der Waals surface area (Å²) in [7, 11) is -0.430. The molecule has 0 radical (unpaired) electrons. The van der Waals surface area contributed by atoms with Gasteiger partial charge in [0.1, 0.15) is 18.8 Å². The van der Waals surface area contributed by atoms with Gasteiger partial charge in [0.25, 0.3) is 5.91 Å². The lowest BCUT2D eigenvalue weighted by molar-refractivity contribution is -0.147. The highest BCUT2D eigenvalue weighted by atomic mass is 16.7. The van der Waals surface area contributed by atoms with Gasteiger partial charge in [0.2, 0.25) is 11.8 Å². The average Bonchev–Trinajstić information content (AvgIpc) is 3.53. The maximum atomic E-state index is 12.8. The van der Waals surface area contributed by atoms with E-state index in [4.69, 9.17) is 14.0 Å². The van der Waals surface area contributed by atoms with Crippen LogP contribution in [0.15, 0.2) is 36.3 Å². The molecule has 0 spiro atoms. The lowest BCUT2D eigenvalue weighted by atomic mass is 9.79. The van der Waals surface area contributed by atoms with E-state index in [0.717, 1.165) is 54.2 Å². The third-order valence-corrected chi connectivity index (χ3v) is 9.54. The number of hydrogen-bond acceptors (Lipinski definition) is 9. The SMILES string of the molecule is CC(=O)N1CC(=O)N/C(=C\c2ncn(CCCN3CCN(C(=O)OCc4ccc(B5OC(C)(C)C(C)(C)O5)cc4)CC3)c2C(C)C)C1=O. The zero-order valence-electron chi connectivity index (χ0n) is 29.1. The van der Waals surface area contributed by atoms with Crippen molar-refractivity contribution < 1.29 is 33.2 Å². The largest absolute Gasteiger partial charge is 0.494 e. The molecular formula is C34H47BN6O7. The Morgan fingerprint density at radius 3 is 2.27 bits per heavy atom. The Morgan fingerprint density at radius 1 is 1.02 bits per heavy atom. The number of benzene rings is 1. The summed E-state index contributed by atoms with van der Waals surface area (Å²) in [5.41, 5.74) is 2.60. The molecule has 4 amide bonds. The first-order chi connectivity index (χ1) is 22.6. The van der Waals surface area contributed by atoms with Gasteiger partial charge in [-0.05, 0) is 63.7 Å². The second kappa shape index (κ2) is 14.2. The Morgan fingerprint density at radius 2 is 1.67 bits per heavy atom. The van der Waals surface area contributed by atoms with E-state index in [1.54, 1.807) is 17.3 Å². The standard InChI is InChI=1S/C34H47BN6O7/c1-23(2)30-27(19-28-31(44)41(24(3)42)20-29(43)37-28)36-22-40(30)14-8-13-38-15-17-39(18-16-38)32(45)46-21-25-9-11-26(12-10-25)35-47-33(4,5)34(6,7)48-35/h9-12,19,22-23H,8,13-18,20-21H2,1-7H3,(H,37,43)/b28-19-. The van der Waals surface area contributed by atoms with Gasteiger partial charge in [-0.25, -0.2) is 9.78 Å². The van der Waals surface area contributed by atoms with Gasteiger partial charge in [-0.15, -0.1) is 0 Å². The lowest BCUT2D eigenvalue weighted by Crippen LogP contribution is -2.51. The monoisotopic (exact) mass is 662 g/mol. The van der Waals surface area contributed by atoms with Crippen LogP contribution in [0.2, 0.25) is 0 Å². The van der Waals surface area contributed by atoms with Crippen LogP contribution in [-0.2, 0) is 41.6 Å². The number of carbonyl (C=O) groups is 4. The van der Waals surface area contributed by atoms with E-state index >= 15 is 0 Å². The number of amides is 4. The van der Waals surface area contributed by atoms with Crippen molar-refractivity contribution >= 4 is 42.5 Å². The first-order valence-electron chi connectivity index (χ1n) is 16.6. The topological polar surface area (TPSA) is 136 Å². The number of carbonyl (C=O) groups excluding carboxylic acids is 4. The smallest absolute Gasteiger partial charge is 0.445 e. The van der Waals surface area contributed by atoms with E-state index in [2.05, 4.69) is 19.8 Å². The molecule has 13 nitrogen and oxygen atoms in total. The number of nitrogens with one attached hydrogen (secondary N) is 1. The third kappa shape index (κ3) is 7.82. The van der Waals surface area contributed by atoms with Crippen molar-refractivity contribution in [3.63, 3.8) is 0 Å². The van der Waals surface area contributed by atoms with Crippen molar-refractivity contribution in [2.75, 3.05) is 39.3 Å². The van der Waals surface area contributed by atoms with Crippen LogP contribution in [0.4, 0.5) is 4.79 Å². The van der Waals surface area contributed by atoms with E-state index in [0.29, 0.717) is 18.8 Å². The second-order valence-electron chi connectivity index (χ2n) is 13.9. The first kappa shape index (κ1) is 35.3. The van der Waals surface area contributed by atoms with Crippen molar-refractivity contribution in [3.05, 3.63) is 53.2 Å². The molecule has 0 bridgehead atoms. The molecule has 3 aliphatic rings. The molecule has 0 atom stereocenters. The Labute approximate surface area is 282 Å². The molecule has 1 N–H and O–H groups in total. The molecule has 258 valence electrons. The van der Waals surface area contributed by atoms with Gasteiger partial charge in [-0.3, -0.25) is 24.2 Å². The summed E-state index contributed by atoms with van der Waals surface area (Å²) in [5, 5.41) is 2.58. The second-order valence-corrected chi connectivity index (χ2v) is 13.9. The zero-order valence-corrected chi connectivity index (χ0v) is 29.1. The third-order valence-electron chi connectivity index (χ3n) is 9.54. The van der Waals surface area contributed by atoms with Crippen molar-refractivity contribution in [2.24, 2.45) is 0 Å². The van der Waals surface area contributed by atoms with Gasteiger partial charge in [-0.2, -0.15) is 0 Å². The molecule has 3 aliphatic heterocycles. The van der Waals surface area contributed by atoms with Crippen LogP contribution in [0.5, 0.6) is 0 Å².